The topological polar surface area (TPSA) is 69.4 Å². The van der Waals surface area contributed by atoms with Crippen LogP contribution in [-0.4, -0.2) is 49.9 Å². The Kier molecular flexibility index (Phi) is 6.15. The van der Waals surface area contributed by atoms with Crippen molar-refractivity contribution in [1.82, 2.24) is 19.0 Å². The van der Waals surface area contributed by atoms with E-state index in [2.05, 4.69) is 22.0 Å². The molecule has 2 aromatic rings. The van der Waals surface area contributed by atoms with Gasteiger partial charge in [0.05, 0.1) is 19.3 Å². The molecule has 1 aromatic carbocycles. The Morgan fingerprint density at radius 1 is 1.13 bits per heavy atom. The maximum Gasteiger partial charge on any atom is 0.353 e. The first kappa shape index (κ1) is 20.9. The largest absolute Gasteiger partial charge is 0.373 e. The summed E-state index contributed by atoms with van der Waals surface area (Å²) in [5.74, 6) is 0.326. The van der Waals surface area contributed by atoms with Crippen LogP contribution in [0.3, 0.4) is 0 Å². The van der Waals surface area contributed by atoms with Crippen LogP contribution in [0.2, 0.25) is 0 Å². The molecule has 0 spiro atoms. The number of hydrogen-bond donors (Lipinski definition) is 0. The molecule has 30 heavy (non-hydrogen) atoms. The molecule has 0 aliphatic carbocycles. The van der Waals surface area contributed by atoms with Gasteiger partial charge in [-0.2, -0.15) is 4.98 Å². The highest BCUT2D eigenvalue weighted by Gasteiger charge is 2.41. The highest BCUT2D eigenvalue weighted by Crippen LogP contribution is 2.37. The number of benzene rings is 1. The predicted molar refractivity (Wildman–Crippen MR) is 111 cm³/mol. The summed E-state index contributed by atoms with van der Waals surface area (Å²) >= 11 is 0. The number of aryl methyl sites for hydroxylation is 1. The first-order valence-electron chi connectivity index (χ1n) is 10.6. The van der Waals surface area contributed by atoms with E-state index in [-0.39, 0.29) is 19.2 Å². The van der Waals surface area contributed by atoms with Gasteiger partial charge < -0.3 is 4.74 Å². The van der Waals surface area contributed by atoms with E-state index in [4.69, 9.17) is 4.74 Å². The van der Waals surface area contributed by atoms with E-state index < -0.39 is 17.6 Å². The number of alkyl halides is 1. The zero-order valence-electron chi connectivity index (χ0n) is 17.5. The lowest BCUT2D eigenvalue weighted by atomic mass is 9.99. The first-order valence-corrected chi connectivity index (χ1v) is 10.6. The summed E-state index contributed by atoms with van der Waals surface area (Å²) in [6.45, 7) is 2.15. The smallest absolute Gasteiger partial charge is 0.353 e. The number of rotatable bonds is 7. The lowest BCUT2D eigenvalue weighted by Crippen LogP contribution is -2.50. The fraction of sp³-hybridized carbons (Fsp3) is 0.591. The first-order chi connectivity index (χ1) is 14.4. The summed E-state index contributed by atoms with van der Waals surface area (Å²) in [6.07, 6.45) is 2.75. The van der Waals surface area contributed by atoms with E-state index in [1.54, 1.807) is 6.92 Å². The predicted octanol–water partition coefficient (Wildman–Crippen LogP) is 1.80. The van der Waals surface area contributed by atoms with Crippen LogP contribution in [0.25, 0.3) is 0 Å². The summed E-state index contributed by atoms with van der Waals surface area (Å²) in [7, 11) is 1.54. The molecule has 3 atom stereocenters. The Morgan fingerprint density at radius 3 is 2.47 bits per heavy atom. The van der Waals surface area contributed by atoms with Gasteiger partial charge in [0.1, 0.15) is 12.0 Å². The summed E-state index contributed by atoms with van der Waals surface area (Å²) in [5.41, 5.74) is -0.0461. The van der Waals surface area contributed by atoms with Crippen LogP contribution < -0.4 is 11.4 Å². The molecule has 8 heteroatoms. The Labute approximate surface area is 175 Å². The van der Waals surface area contributed by atoms with Crippen molar-refractivity contribution in [3.63, 3.8) is 0 Å². The molecule has 162 valence electrons. The molecule has 3 heterocycles. The number of nitrogens with zero attached hydrogens (tertiary/aromatic N) is 4. The van der Waals surface area contributed by atoms with Crippen molar-refractivity contribution in [1.29, 1.82) is 0 Å². The molecule has 3 unspecified atom stereocenters. The van der Waals surface area contributed by atoms with Crippen molar-refractivity contribution < 1.29 is 9.13 Å². The van der Waals surface area contributed by atoms with Crippen LogP contribution in [0.5, 0.6) is 0 Å². The molecule has 2 fully saturated rings. The minimum Gasteiger partial charge on any atom is -0.373 e. The third-order valence-electron chi connectivity index (χ3n) is 6.45. The van der Waals surface area contributed by atoms with Gasteiger partial charge in [-0.25, -0.2) is 18.5 Å². The normalized spacial score (nSPS) is 24.8. The van der Waals surface area contributed by atoms with E-state index in [0.29, 0.717) is 24.5 Å². The quantitative estimate of drug-likeness (QED) is 0.689. The van der Waals surface area contributed by atoms with Crippen molar-refractivity contribution in [2.45, 2.75) is 70.1 Å². The second kappa shape index (κ2) is 8.81. The van der Waals surface area contributed by atoms with E-state index in [9.17, 15) is 14.0 Å². The molecule has 2 bridgehead atoms. The molecular formula is C22H29FN4O3. The van der Waals surface area contributed by atoms with Gasteiger partial charge >= 0.3 is 11.4 Å². The third kappa shape index (κ3) is 4.39. The summed E-state index contributed by atoms with van der Waals surface area (Å²) in [4.78, 5) is 30.4. The van der Waals surface area contributed by atoms with Gasteiger partial charge in [0.15, 0.2) is 0 Å². The van der Waals surface area contributed by atoms with Crippen molar-refractivity contribution in [2.75, 3.05) is 6.54 Å². The number of hydrogen-bond acceptors (Lipinski definition) is 5. The third-order valence-corrected chi connectivity index (χ3v) is 6.45. The fourth-order valence-electron chi connectivity index (χ4n) is 4.76. The molecule has 0 N–H and O–H groups in total. The van der Waals surface area contributed by atoms with E-state index in [0.717, 1.165) is 35.8 Å². The van der Waals surface area contributed by atoms with Gasteiger partial charge in [-0.15, -0.1) is 0 Å². The molecule has 4 rings (SSSR count). The fourth-order valence-corrected chi connectivity index (χ4v) is 4.76. The highest BCUT2D eigenvalue weighted by atomic mass is 19.1. The molecule has 0 saturated carbocycles. The van der Waals surface area contributed by atoms with Crippen LogP contribution in [0.15, 0.2) is 39.9 Å². The molecule has 0 amide bonds. The van der Waals surface area contributed by atoms with Crippen LogP contribution in [0.4, 0.5) is 4.39 Å². The van der Waals surface area contributed by atoms with Crippen LogP contribution in [0, 0.1) is 6.92 Å². The second-order valence-corrected chi connectivity index (χ2v) is 8.46. The van der Waals surface area contributed by atoms with Gasteiger partial charge in [0.25, 0.3) is 0 Å². The molecule has 0 radical (unpaired) electrons. The van der Waals surface area contributed by atoms with Crippen LogP contribution in [-0.2, 0) is 24.9 Å². The van der Waals surface area contributed by atoms with Crippen molar-refractivity contribution in [3.05, 3.63) is 62.7 Å². The second-order valence-electron chi connectivity index (χ2n) is 8.46. The molecule has 2 saturated heterocycles. The van der Waals surface area contributed by atoms with Gasteiger partial charge in [0.2, 0.25) is 0 Å². The molecule has 7 nitrogen and oxygen atoms in total. The summed E-state index contributed by atoms with van der Waals surface area (Å²) in [5, 5.41) is 0. The number of ether oxygens (including phenoxy) is 1. The summed E-state index contributed by atoms with van der Waals surface area (Å²) < 4.78 is 23.2. The zero-order chi connectivity index (χ0) is 21.3. The SMILES string of the molecule is Cc1nc(=O)n(CC(F)CN2C3CCC2CC(OCc2ccccc2)C3)c(=O)n1C. The number of halogens is 1. The van der Waals surface area contributed by atoms with Gasteiger partial charge in [-0.1, -0.05) is 30.3 Å². The highest BCUT2D eigenvalue weighted by molar-refractivity contribution is 5.13. The number of fused-ring (bicyclic) bond motifs is 2. The Morgan fingerprint density at radius 2 is 1.80 bits per heavy atom. The van der Waals surface area contributed by atoms with Gasteiger partial charge in [-0.3, -0.25) is 9.47 Å². The maximum atomic E-state index is 14.9. The molecule has 2 aliphatic heterocycles. The van der Waals surface area contributed by atoms with E-state index >= 15 is 0 Å². The van der Waals surface area contributed by atoms with Gasteiger partial charge in [-0.05, 0) is 38.2 Å². The molecule has 1 aromatic heterocycles. The average molecular weight is 416 g/mol. The van der Waals surface area contributed by atoms with Crippen molar-refractivity contribution in [3.8, 4) is 0 Å². The summed E-state index contributed by atoms with van der Waals surface area (Å²) in [6, 6.07) is 10.7. The standard InChI is InChI=1S/C22H29FN4O3/c1-15-24-21(28)27(22(29)25(15)2)13-17(23)12-26-18-8-9-19(26)11-20(10-18)30-14-16-6-4-3-5-7-16/h3-7,17-20H,8-14H2,1-2H3. The molecular weight excluding hydrogens is 387 g/mol. The number of piperidine rings is 1. The minimum atomic E-state index is -1.30. The minimum absolute atomic E-state index is 0.188. The Hall–Kier alpha value is -2.32. The number of aromatic nitrogens is 3. The lowest BCUT2D eigenvalue weighted by Gasteiger charge is -2.39. The average Bonchev–Trinajstić information content (AvgIpc) is 2.96. The lowest BCUT2D eigenvalue weighted by molar-refractivity contribution is -0.0341. The zero-order valence-corrected chi connectivity index (χ0v) is 17.5. The Balaban J connectivity index is 1.35. The van der Waals surface area contributed by atoms with Crippen molar-refractivity contribution >= 4 is 0 Å². The monoisotopic (exact) mass is 416 g/mol. The van der Waals surface area contributed by atoms with Crippen molar-refractivity contribution in [2.24, 2.45) is 7.05 Å². The molecule has 2 aliphatic rings. The maximum absolute atomic E-state index is 14.9. The van der Waals surface area contributed by atoms with E-state index in [1.807, 2.05) is 18.2 Å². The van der Waals surface area contributed by atoms with E-state index in [1.165, 1.54) is 11.6 Å². The van der Waals surface area contributed by atoms with Gasteiger partial charge in [0, 0.05) is 25.7 Å². The van der Waals surface area contributed by atoms with Crippen LogP contribution in [0.1, 0.15) is 37.1 Å². The Bertz CT molecular complexity index is 976. The van der Waals surface area contributed by atoms with Crippen LogP contribution >= 0.6 is 0 Å².